The summed E-state index contributed by atoms with van der Waals surface area (Å²) >= 11 is 0. The number of hydrogen-bond acceptors (Lipinski definition) is 1. The van der Waals surface area contributed by atoms with Crippen molar-refractivity contribution in [1.82, 2.24) is 9.88 Å². The second-order valence-corrected chi connectivity index (χ2v) is 6.33. The van der Waals surface area contributed by atoms with Gasteiger partial charge in [0.05, 0.1) is 0 Å². The highest BCUT2D eigenvalue weighted by molar-refractivity contribution is 5.31. The Balaban J connectivity index is 2.17. The first kappa shape index (κ1) is 15.8. The highest BCUT2D eigenvalue weighted by atomic mass is 15.0. The van der Waals surface area contributed by atoms with Crippen LogP contribution >= 0.6 is 0 Å². The van der Waals surface area contributed by atoms with Gasteiger partial charge in [-0.1, -0.05) is 44.5 Å². The van der Waals surface area contributed by atoms with Crippen LogP contribution in [0.2, 0.25) is 0 Å². The Labute approximate surface area is 129 Å². The van der Waals surface area contributed by atoms with E-state index < -0.39 is 0 Å². The molecular formula is C19H28N2. The largest absolute Gasteiger partial charge is 0.350 e. The second kappa shape index (κ2) is 6.95. The lowest BCUT2D eigenvalue weighted by atomic mass is 9.98. The van der Waals surface area contributed by atoms with Crippen molar-refractivity contribution in [1.29, 1.82) is 0 Å². The van der Waals surface area contributed by atoms with E-state index in [1.165, 1.54) is 22.3 Å². The van der Waals surface area contributed by atoms with Gasteiger partial charge in [-0.05, 0) is 49.1 Å². The van der Waals surface area contributed by atoms with Crippen LogP contribution in [-0.2, 0) is 6.54 Å². The number of hydrogen-bond donors (Lipinski definition) is 1. The first-order valence-electron chi connectivity index (χ1n) is 7.96. The predicted molar refractivity (Wildman–Crippen MR) is 90.7 cm³/mol. The molecule has 1 aromatic heterocycles. The summed E-state index contributed by atoms with van der Waals surface area (Å²) < 4.78 is 2.30. The molecular weight excluding hydrogens is 256 g/mol. The van der Waals surface area contributed by atoms with E-state index in [0.717, 1.165) is 13.1 Å². The van der Waals surface area contributed by atoms with E-state index in [1.54, 1.807) is 0 Å². The van der Waals surface area contributed by atoms with Gasteiger partial charge in [0.1, 0.15) is 0 Å². The summed E-state index contributed by atoms with van der Waals surface area (Å²) in [6.07, 6.45) is 4.49. The lowest BCUT2D eigenvalue weighted by Gasteiger charge is -2.20. The molecule has 0 amide bonds. The Morgan fingerprint density at radius 3 is 2.57 bits per heavy atom. The van der Waals surface area contributed by atoms with Gasteiger partial charge in [-0.15, -0.1) is 0 Å². The molecule has 21 heavy (non-hydrogen) atoms. The van der Waals surface area contributed by atoms with Gasteiger partial charge < -0.3 is 9.88 Å². The topological polar surface area (TPSA) is 17.0 Å². The molecule has 1 aromatic carbocycles. The molecule has 2 nitrogen and oxygen atoms in total. The van der Waals surface area contributed by atoms with Crippen molar-refractivity contribution in [2.45, 2.75) is 47.2 Å². The van der Waals surface area contributed by atoms with E-state index in [-0.39, 0.29) is 0 Å². The third kappa shape index (κ3) is 3.98. The standard InChI is InChI=1S/C19H28N2/c1-6-20-19(14(2)3)17-9-10-21(12-17)13-18-11-15(4)7-8-16(18)5/h7-12,14,19-20H,6,13H2,1-5H3. The van der Waals surface area contributed by atoms with Crippen molar-refractivity contribution in [3.8, 4) is 0 Å². The summed E-state index contributed by atoms with van der Waals surface area (Å²) in [7, 11) is 0. The summed E-state index contributed by atoms with van der Waals surface area (Å²) in [4.78, 5) is 0. The van der Waals surface area contributed by atoms with Gasteiger partial charge in [-0.3, -0.25) is 0 Å². The number of nitrogens with one attached hydrogen (secondary N) is 1. The third-order valence-corrected chi connectivity index (χ3v) is 4.08. The normalized spacial score (nSPS) is 12.9. The van der Waals surface area contributed by atoms with Gasteiger partial charge in [0.2, 0.25) is 0 Å². The molecule has 0 aliphatic heterocycles. The maximum atomic E-state index is 3.58. The Bertz CT molecular complexity index is 581. The number of rotatable bonds is 6. The van der Waals surface area contributed by atoms with Crippen LogP contribution in [-0.4, -0.2) is 11.1 Å². The van der Waals surface area contributed by atoms with Crippen molar-refractivity contribution in [3.05, 3.63) is 58.9 Å². The van der Waals surface area contributed by atoms with Crippen LogP contribution in [0.25, 0.3) is 0 Å². The van der Waals surface area contributed by atoms with E-state index in [9.17, 15) is 0 Å². The minimum Gasteiger partial charge on any atom is -0.350 e. The van der Waals surface area contributed by atoms with Gasteiger partial charge >= 0.3 is 0 Å². The summed E-state index contributed by atoms with van der Waals surface area (Å²) in [6.45, 7) is 13.0. The fraction of sp³-hybridized carbons (Fsp3) is 0.474. The molecule has 0 saturated carbocycles. The highest BCUT2D eigenvalue weighted by Gasteiger charge is 2.15. The van der Waals surface area contributed by atoms with Crippen molar-refractivity contribution in [3.63, 3.8) is 0 Å². The van der Waals surface area contributed by atoms with Crippen molar-refractivity contribution < 1.29 is 0 Å². The summed E-state index contributed by atoms with van der Waals surface area (Å²) in [5.41, 5.74) is 5.48. The van der Waals surface area contributed by atoms with Gasteiger partial charge in [-0.25, -0.2) is 0 Å². The molecule has 114 valence electrons. The van der Waals surface area contributed by atoms with E-state index in [4.69, 9.17) is 0 Å². The van der Waals surface area contributed by atoms with Crippen LogP contribution in [0.15, 0.2) is 36.7 Å². The van der Waals surface area contributed by atoms with Crippen molar-refractivity contribution in [2.24, 2.45) is 5.92 Å². The zero-order chi connectivity index (χ0) is 15.4. The molecule has 2 rings (SSSR count). The Kier molecular flexibility index (Phi) is 5.24. The lowest BCUT2D eigenvalue weighted by Crippen LogP contribution is -2.25. The average Bonchev–Trinajstić information content (AvgIpc) is 2.88. The summed E-state index contributed by atoms with van der Waals surface area (Å²) in [5.74, 6) is 0.599. The number of nitrogens with zero attached hydrogens (tertiary/aromatic N) is 1. The quantitative estimate of drug-likeness (QED) is 0.828. The zero-order valence-electron chi connectivity index (χ0n) is 14.0. The first-order valence-corrected chi connectivity index (χ1v) is 7.96. The molecule has 1 N–H and O–H groups in total. The number of aromatic nitrogens is 1. The molecule has 1 atom stereocenters. The van der Waals surface area contributed by atoms with Crippen LogP contribution in [0.5, 0.6) is 0 Å². The molecule has 0 bridgehead atoms. The predicted octanol–water partition coefficient (Wildman–Crippen LogP) is 4.46. The minimum absolute atomic E-state index is 0.440. The highest BCUT2D eigenvalue weighted by Crippen LogP contribution is 2.22. The van der Waals surface area contributed by atoms with E-state index in [1.807, 2.05) is 0 Å². The molecule has 2 aromatic rings. The van der Waals surface area contributed by atoms with Gasteiger partial charge in [-0.2, -0.15) is 0 Å². The molecule has 0 saturated heterocycles. The van der Waals surface area contributed by atoms with Crippen LogP contribution < -0.4 is 5.32 Å². The molecule has 0 radical (unpaired) electrons. The fourth-order valence-electron chi connectivity index (χ4n) is 2.87. The lowest BCUT2D eigenvalue weighted by molar-refractivity contribution is 0.421. The molecule has 1 heterocycles. The second-order valence-electron chi connectivity index (χ2n) is 6.33. The maximum absolute atomic E-state index is 3.58. The minimum atomic E-state index is 0.440. The van der Waals surface area contributed by atoms with Crippen LogP contribution in [0, 0.1) is 19.8 Å². The van der Waals surface area contributed by atoms with Crippen molar-refractivity contribution >= 4 is 0 Å². The Hall–Kier alpha value is -1.54. The average molecular weight is 284 g/mol. The fourth-order valence-corrected chi connectivity index (χ4v) is 2.87. The van der Waals surface area contributed by atoms with Crippen molar-refractivity contribution in [2.75, 3.05) is 6.54 Å². The van der Waals surface area contributed by atoms with Gasteiger partial charge in [0.15, 0.2) is 0 Å². The van der Waals surface area contributed by atoms with Gasteiger partial charge in [0.25, 0.3) is 0 Å². The molecule has 1 unspecified atom stereocenters. The van der Waals surface area contributed by atoms with E-state index in [2.05, 4.69) is 81.2 Å². The number of benzene rings is 1. The van der Waals surface area contributed by atoms with E-state index in [0.29, 0.717) is 12.0 Å². The molecule has 0 fully saturated rings. The van der Waals surface area contributed by atoms with Gasteiger partial charge in [0, 0.05) is 25.0 Å². The smallest absolute Gasteiger partial charge is 0.0473 e. The maximum Gasteiger partial charge on any atom is 0.0473 e. The van der Waals surface area contributed by atoms with Crippen LogP contribution in [0.1, 0.15) is 49.1 Å². The van der Waals surface area contributed by atoms with Crippen LogP contribution in [0.4, 0.5) is 0 Å². The van der Waals surface area contributed by atoms with Crippen LogP contribution in [0.3, 0.4) is 0 Å². The molecule has 0 aliphatic carbocycles. The zero-order valence-corrected chi connectivity index (χ0v) is 14.0. The Morgan fingerprint density at radius 1 is 1.14 bits per heavy atom. The first-order chi connectivity index (χ1) is 10.0. The monoisotopic (exact) mass is 284 g/mol. The number of aryl methyl sites for hydroxylation is 2. The summed E-state index contributed by atoms with van der Waals surface area (Å²) in [5, 5.41) is 3.58. The third-order valence-electron chi connectivity index (χ3n) is 4.08. The van der Waals surface area contributed by atoms with E-state index >= 15 is 0 Å². The molecule has 0 spiro atoms. The molecule has 2 heteroatoms. The summed E-state index contributed by atoms with van der Waals surface area (Å²) in [6, 6.07) is 9.37. The SMILES string of the molecule is CCNC(c1ccn(Cc2cc(C)ccc2C)c1)C(C)C. The Morgan fingerprint density at radius 2 is 1.90 bits per heavy atom. The molecule has 0 aliphatic rings.